The van der Waals surface area contributed by atoms with Crippen LogP contribution in [0.15, 0.2) is 35.4 Å². The van der Waals surface area contributed by atoms with Crippen LogP contribution >= 0.6 is 0 Å². The first-order valence-electron chi connectivity index (χ1n) is 8.55. The molecule has 0 N–H and O–H groups in total. The highest BCUT2D eigenvalue weighted by atomic mass is 16.3. The average Bonchev–Trinajstić information content (AvgIpc) is 3.26. The molecule has 0 radical (unpaired) electrons. The minimum absolute atomic E-state index is 0.0655. The van der Waals surface area contributed by atoms with E-state index in [1.54, 1.807) is 35.4 Å². The van der Waals surface area contributed by atoms with Crippen LogP contribution in [0.3, 0.4) is 0 Å². The van der Waals surface area contributed by atoms with Gasteiger partial charge in [-0.25, -0.2) is 0 Å². The van der Waals surface area contributed by atoms with E-state index in [0.717, 1.165) is 11.1 Å². The molecule has 1 aliphatic rings. The maximum absolute atomic E-state index is 13.2. The van der Waals surface area contributed by atoms with Crippen molar-refractivity contribution >= 4 is 11.8 Å². The molecule has 134 valence electrons. The Balaban J connectivity index is 1.86. The molecule has 2 aromatic heterocycles. The van der Waals surface area contributed by atoms with Crippen molar-refractivity contribution in [3.63, 3.8) is 0 Å². The summed E-state index contributed by atoms with van der Waals surface area (Å²) in [6.45, 7) is 3.09. The maximum atomic E-state index is 13.2. The molecule has 0 spiro atoms. The Morgan fingerprint density at radius 3 is 2.84 bits per heavy atom. The molecule has 0 aromatic carbocycles. The monoisotopic (exact) mass is 344 g/mol. The van der Waals surface area contributed by atoms with Crippen molar-refractivity contribution in [1.82, 2.24) is 19.6 Å². The van der Waals surface area contributed by atoms with Crippen molar-refractivity contribution in [3.8, 4) is 0 Å². The smallest absolute Gasteiger partial charge is 0.228 e. The predicted molar refractivity (Wildman–Crippen MR) is 91.2 cm³/mol. The fraction of sp³-hybridized carbons (Fsp3) is 0.500. The summed E-state index contributed by atoms with van der Waals surface area (Å²) in [5.41, 5.74) is 1.86. The molecule has 0 bridgehead atoms. The molecule has 2 aromatic rings. The number of carbonyl (C=O) groups is 2. The summed E-state index contributed by atoms with van der Waals surface area (Å²) in [6.07, 6.45) is 7.85. The second-order valence-corrected chi connectivity index (χ2v) is 6.53. The van der Waals surface area contributed by atoms with Crippen LogP contribution in [0.25, 0.3) is 0 Å². The van der Waals surface area contributed by atoms with Crippen LogP contribution in [0, 0.1) is 5.92 Å². The third-order valence-corrected chi connectivity index (χ3v) is 4.89. The van der Waals surface area contributed by atoms with E-state index in [1.165, 1.54) is 0 Å². The van der Waals surface area contributed by atoms with E-state index in [1.807, 2.05) is 31.1 Å². The largest absolute Gasteiger partial charge is 0.472 e. The molecule has 2 atom stereocenters. The van der Waals surface area contributed by atoms with E-state index in [2.05, 4.69) is 5.10 Å². The molecule has 25 heavy (non-hydrogen) atoms. The average molecular weight is 344 g/mol. The van der Waals surface area contributed by atoms with Gasteiger partial charge in [0.15, 0.2) is 0 Å². The van der Waals surface area contributed by atoms with E-state index < -0.39 is 0 Å². The molecule has 3 heterocycles. The van der Waals surface area contributed by atoms with Gasteiger partial charge in [0.25, 0.3) is 0 Å². The van der Waals surface area contributed by atoms with E-state index in [4.69, 9.17) is 4.42 Å². The summed E-state index contributed by atoms with van der Waals surface area (Å²) in [6, 6.07) is 1.59. The minimum Gasteiger partial charge on any atom is -0.472 e. The Morgan fingerprint density at radius 1 is 1.44 bits per heavy atom. The van der Waals surface area contributed by atoms with Gasteiger partial charge in [-0.1, -0.05) is 0 Å². The SMILES string of the molecule is CCN(Cc1ccoc1)C(=O)[C@@H]1CCC(=O)N(C)[C@H]1c1cnn(C)c1. The lowest BCUT2D eigenvalue weighted by Crippen LogP contribution is -2.47. The van der Waals surface area contributed by atoms with Crippen LogP contribution < -0.4 is 0 Å². The van der Waals surface area contributed by atoms with Gasteiger partial charge in [-0.3, -0.25) is 14.3 Å². The Kier molecular flexibility index (Phi) is 4.92. The maximum Gasteiger partial charge on any atom is 0.228 e. The third kappa shape index (κ3) is 3.45. The van der Waals surface area contributed by atoms with Crippen LogP contribution in [0.4, 0.5) is 0 Å². The summed E-state index contributed by atoms with van der Waals surface area (Å²) in [5.74, 6) is -0.133. The van der Waals surface area contributed by atoms with Gasteiger partial charge >= 0.3 is 0 Å². The first-order chi connectivity index (χ1) is 12.0. The van der Waals surface area contributed by atoms with Gasteiger partial charge in [-0.05, 0) is 19.4 Å². The van der Waals surface area contributed by atoms with Crippen molar-refractivity contribution in [3.05, 3.63) is 42.1 Å². The number of aromatic nitrogens is 2. The first kappa shape index (κ1) is 17.3. The number of hydrogen-bond acceptors (Lipinski definition) is 4. The van der Waals surface area contributed by atoms with Gasteiger partial charge in [0.05, 0.1) is 30.7 Å². The molecule has 2 amide bonds. The number of piperidine rings is 1. The third-order valence-electron chi connectivity index (χ3n) is 4.89. The van der Waals surface area contributed by atoms with Gasteiger partial charge in [-0.2, -0.15) is 5.10 Å². The van der Waals surface area contributed by atoms with E-state index >= 15 is 0 Å². The van der Waals surface area contributed by atoms with Crippen molar-refractivity contribution in [2.75, 3.05) is 13.6 Å². The summed E-state index contributed by atoms with van der Waals surface area (Å²) in [4.78, 5) is 28.9. The number of furan rings is 1. The number of aryl methyl sites for hydroxylation is 1. The van der Waals surface area contributed by atoms with Crippen molar-refractivity contribution in [1.29, 1.82) is 0 Å². The lowest BCUT2D eigenvalue weighted by molar-refractivity contribution is -0.147. The summed E-state index contributed by atoms with van der Waals surface area (Å²) >= 11 is 0. The van der Waals surface area contributed by atoms with Crippen molar-refractivity contribution in [2.45, 2.75) is 32.4 Å². The molecule has 0 saturated carbocycles. The summed E-state index contributed by atoms with van der Waals surface area (Å²) < 4.78 is 6.81. The number of carbonyl (C=O) groups excluding carboxylic acids is 2. The Bertz CT molecular complexity index is 737. The molecule has 1 aliphatic heterocycles. The molecule has 3 rings (SSSR count). The fourth-order valence-electron chi connectivity index (χ4n) is 3.53. The van der Waals surface area contributed by atoms with Gasteiger partial charge in [0.1, 0.15) is 0 Å². The molecule has 0 unspecified atom stereocenters. The van der Waals surface area contributed by atoms with E-state index in [9.17, 15) is 9.59 Å². The molecule has 1 saturated heterocycles. The Hall–Kier alpha value is -2.57. The highest BCUT2D eigenvalue weighted by Crippen LogP contribution is 2.36. The topological polar surface area (TPSA) is 71.6 Å². The zero-order valence-electron chi connectivity index (χ0n) is 14.9. The van der Waals surface area contributed by atoms with Crippen LogP contribution in [-0.2, 0) is 23.2 Å². The zero-order chi connectivity index (χ0) is 18.0. The second-order valence-electron chi connectivity index (χ2n) is 6.53. The van der Waals surface area contributed by atoms with Crippen LogP contribution in [-0.4, -0.2) is 45.0 Å². The minimum atomic E-state index is -0.277. The van der Waals surface area contributed by atoms with E-state index in [-0.39, 0.29) is 23.8 Å². The van der Waals surface area contributed by atoms with Crippen LogP contribution in [0.1, 0.15) is 36.9 Å². The number of rotatable bonds is 5. The lowest BCUT2D eigenvalue weighted by atomic mass is 9.84. The molecular formula is C18H24N4O3. The number of amides is 2. The first-order valence-corrected chi connectivity index (χ1v) is 8.55. The zero-order valence-corrected chi connectivity index (χ0v) is 14.9. The fourth-order valence-corrected chi connectivity index (χ4v) is 3.53. The number of hydrogen-bond donors (Lipinski definition) is 0. The standard InChI is InChI=1S/C18H24N4O3/c1-4-22(10-13-7-8-25-12-13)18(24)15-5-6-16(23)21(3)17(15)14-9-19-20(2)11-14/h7-9,11-12,15,17H,4-6,10H2,1-3H3/t15-,17+/m1/s1. The lowest BCUT2D eigenvalue weighted by Gasteiger charge is -2.39. The van der Waals surface area contributed by atoms with Crippen LogP contribution in [0.2, 0.25) is 0 Å². The normalized spacial score (nSPS) is 20.8. The Labute approximate surface area is 147 Å². The molecule has 1 fully saturated rings. The summed E-state index contributed by atoms with van der Waals surface area (Å²) in [5, 5.41) is 4.21. The highest BCUT2D eigenvalue weighted by Gasteiger charge is 2.40. The second kappa shape index (κ2) is 7.13. The molecular weight excluding hydrogens is 320 g/mol. The number of likely N-dealkylation sites (tertiary alicyclic amines) is 1. The quantitative estimate of drug-likeness (QED) is 0.831. The molecule has 7 nitrogen and oxygen atoms in total. The Morgan fingerprint density at radius 2 is 2.24 bits per heavy atom. The predicted octanol–water partition coefficient (Wildman–Crippen LogP) is 1.97. The van der Waals surface area contributed by atoms with Gasteiger partial charge < -0.3 is 14.2 Å². The van der Waals surface area contributed by atoms with Crippen LogP contribution in [0.5, 0.6) is 0 Å². The number of nitrogens with zero attached hydrogens (tertiary/aromatic N) is 4. The van der Waals surface area contributed by atoms with E-state index in [0.29, 0.717) is 25.9 Å². The van der Waals surface area contributed by atoms with Gasteiger partial charge in [-0.15, -0.1) is 0 Å². The van der Waals surface area contributed by atoms with Gasteiger partial charge in [0.2, 0.25) is 11.8 Å². The highest BCUT2D eigenvalue weighted by molar-refractivity contribution is 5.85. The van der Waals surface area contributed by atoms with Crippen molar-refractivity contribution in [2.24, 2.45) is 13.0 Å². The molecule has 7 heteroatoms. The summed E-state index contributed by atoms with van der Waals surface area (Å²) in [7, 11) is 3.61. The molecule has 0 aliphatic carbocycles. The van der Waals surface area contributed by atoms with Crippen molar-refractivity contribution < 1.29 is 14.0 Å². The van der Waals surface area contributed by atoms with Gasteiger partial charge in [0, 0.05) is 50.9 Å².